The number of para-hydroxylation sites is 2. The van der Waals surface area contributed by atoms with Gasteiger partial charge < -0.3 is 9.47 Å². The van der Waals surface area contributed by atoms with Gasteiger partial charge in [-0.15, -0.1) is 0 Å². The van der Waals surface area contributed by atoms with E-state index in [1.165, 1.54) is 5.56 Å². The Hall–Kier alpha value is -5.08. The van der Waals surface area contributed by atoms with Gasteiger partial charge in [0.2, 0.25) is 0 Å². The van der Waals surface area contributed by atoms with Crippen LogP contribution in [0, 0.1) is 0 Å². The van der Waals surface area contributed by atoms with Crippen molar-refractivity contribution in [2.24, 2.45) is 0 Å². The van der Waals surface area contributed by atoms with Crippen LogP contribution >= 0.6 is 0 Å². The van der Waals surface area contributed by atoms with Gasteiger partial charge in [0.05, 0.1) is 5.41 Å². The van der Waals surface area contributed by atoms with E-state index >= 15 is 0 Å². The van der Waals surface area contributed by atoms with Crippen molar-refractivity contribution in [3.63, 3.8) is 0 Å². The second-order valence-electron chi connectivity index (χ2n) is 10.1. The molecule has 2 heterocycles. The van der Waals surface area contributed by atoms with Crippen LogP contribution in [0.4, 0.5) is 0 Å². The lowest BCUT2D eigenvalue weighted by Crippen LogP contribution is -2.37. The topological polar surface area (TPSA) is 18.5 Å². The molecule has 0 N–H and O–H groups in total. The highest BCUT2D eigenvalue weighted by molar-refractivity contribution is 5.84. The van der Waals surface area contributed by atoms with E-state index in [-0.39, 0.29) is 0 Å². The predicted octanol–water partition coefficient (Wildman–Crippen LogP) is 9.61. The monoisotopic (exact) mass is 500 g/mol. The third-order valence-electron chi connectivity index (χ3n) is 8.00. The van der Waals surface area contributed by atoms with Crippen LogP contribution in [-0.4, -0.2) is 0 Å². The summed E-state index contributed by atoms with van der Waals surface area (Å²) in [6, 6.07) is 51.0. The maximum atomic E-state index is 6.75. The molecule has 6 aromatic rings. The molecule has 2 heteroatoms. The van der Waals surface area contributed by atoms with Gasteiger partial charge in [-0.1, -0.05) is 115 Å². The minimum atomic E-state index is -0.647. The molecule has 0 aliphatic carbocycles. The summed E-state index contributed by atoms with van der Waals surface area (Å²) in [5.74, 6) is 3.45. The number of hydrogen-bond acceptors (Lipinski definition) is 2. The van der Waals surface area contributed by atoms with E-state index in [9.17, 15) is 0 Å². The summed E-state index contributed by atoms with van der Waals surface area (Å²) < 4.78 is 13.3. The van der Waals surface area contributed by atoms with E-state index in [1.54, 1.807) is 0 Å². The Labute approximate surface area is 227 Å². The maximum absolute atomic E-state index is 6.75. The minimum absolute atomic E-state index is 0.647. The van der Waals surface area contributed by atoms with Crippen molar-refractivity contribution in [1.82, 2.24) is 0 Å². The smallest absolute Gasteiger partial charge is 0.132 e. The molecule has 0 unspecified atom stereocenters. The Morgan fingerprint density at radius 3 is 1.59 bits per heavy atom. The normalized spacial score (nSPS) is 13.7. The van der Waals surface area contributed by atoms with E-state index < -0.39 is 5.41 Å². The van der Waals surface area contributed by atoms with Crippen molar-refractivity contribution >= 4 is 0 Å². The van der Waals surface area contributed by atoms with Gasteiger partial charge in [-0.05, 0) is 52.6 Å². The van der Waals surface area contributed by atoms with E-state index in [0.29, 0.717) is 0 Å². The summed E-state index contributed by atoms with van der Waals surface area (Å²) in [5.41, 5.74) is 8.46. The fraction of sp³-hybridized carbons (Fsp3) is 0.0270. The van der Waals surface area contributed by atoms with Crippen molar-refractivity contribution in [1.29, 1.82) is 0 Å². The summed E-state index contributed by atoms with van der Waals surface area (Å²) in [5, 5.41) is 0. The molecule has 0 bridgehead atoms. The standard InChI is InChI=1S/C37H24O2/c1-3-12-25(13-4-1)27-22-23-34-31(24-27)37(29-17-7-9-19-32(29)38-33-20-10-8-18-30(33)37)36-28(16-11-21-35(36)39-34)26-14-5-2-6-15-26/h1-24H. The lowest BCUT2D eigenvalue weighted by Gasteiger charge is -2.45. The van der Waals surface area contributed by atoms with Crippen molar-refractivity contribution in [2.75, 3.05) is 0 Å². The van der Waals surface area contributed by atoms with E-state index in [2.05, 4.69) is 133 Å². The first-order chi connectivity index (χ1) is 19.3. The van der Waals surface area contributed by atoms with E-state index in [0.717, 1.165) is 61.9 Å². The molecule has 0 radical (unpaired) electrons. The molecular weight excluding hydrogens is 476 g/mol. The quantitative estimate of drug-likeness (QED) is 0.235. The van der Waals surface area contributed by atoms with E-state index in [4.69, 9.17) is 9.47 Å². The van der Waals surface area contributed by atoms with Crippen LogP contribution in [0.3, 0.4) is 0 Å². The van der Waals surface area contributed by atoms with Gasteiger partial charge >= 0.3 is 0 Å². The second kappa shape index (κ2) is 8.47. The zero-order chi connectivity index (χ0) is 25.8. The van der Waals surface area contributed by atoms with Crippen molar-refractivity contribution in [2.45, 2.75) is 5.41 Å². The molecule has 0 fully saturated rings. The first kappa shape index (κ1) is 22.0. The first-order valence-electron chi connectivity index (χ1n) is 13.3. The van der Waals surface area contributed by atoms with Crippen LogP contribution < -0.4 is 9.47 Å². The van der Waals surface area contributed by atoms with Crippen LogP contribution in [0.25, 0.3) is 22.3 Å². The van der Waals surface area contributed by atoms with Crippen LogP contribution in [0.5, 0.6) is 23.0 Å². The molecule has 0 aromatic heterocycles. The summed E-state index contributed by atoms with van der Waals surface area (Å²) in [4.78, 5) is 0. The molecule has 39 heavy (non-hydrogen) atoms. The summed E-state index contributed by atoms with van der Waals surface area (Å²) in [7, 11) is 0. The number of rotatable bonds is 2. The van der Waals surface area contributed by atoms with Crippen LogP contribution in [-0.2, 0) is 5.41 Å². The number of benzene rings is 6. The van der Waals surface area contributed by atoms with Crippen molar-refractivity contribution in [3.8, 4) is 45.3 Å². The average Bonchev–Trinajstić information content (AvgIpc) is 3.01. The largest absolute Gasteiger partial charge is 0.457 e. The highest BCUT2D eigenvalue weighted by Crippen LogP contribution is 2.63. The number of fused-ring (bicyclic) bond motifs is 8. The molecule has 8 rings (SSSR count). The minimum Gasteiger partial charge on any atom is -0.457 e. The molecule has 184 valence electrons. The van der Waals surface area contributed by atoms with Gasteiger partial charge in [-0.2, -0.15) is 0 Å². The van der Waals surface area contributed by atoms with Crippen LogP contribution in [0.15, 0.2) is 146 Å². The van der Waals surface area contributed by atoms with Gasteiger partial charge in [0.15, 0.2) is 0 Å². The van der Waals surface area contributed by atoms with Gasteiger partial charge in [-0.25, -0.2) is 0 Å². The molecule has 6 aromatic carbocycles. The maximum Gasteiger partial charge on any atom is 0.132 e. The first-order valence-corrected chi connectivity index (χ1v) is 13.3. The Morgan fingerprint density at radius 2 is 0.897 bits per heavy atom. The average molecular weight is 501 g/mol. The Morgan fingerprint density at radius 1 is 0.359 bits per heavy atom. The summed E-state index contributed by atoms with van der Waals surface area (Å²) >= 11 is 0. The SMILES string of the molecule is c1ccc(-c2ccc3c(c2)C2(c4ccccc4Oc4ccccc42)c2c(cccc2-c2ccccc2)O3)cc1. The van der Waals surface area contributed by atoms with Crippen LogP contribution in [0.1, 0.15) is 22.3 Å². The zero-order valence-electron chi connectivity index (χ0n) is 21.2. The van der Waals surface area contributed by atoms with Crippen molar-refractivity contribution in [3.05, 3.63) is 168 Å². The highest BCUT2D eigenvalue weighted by Gasteiger charge is 2.51. The third kappa shape index (κ3) is 3.15. The molecule has 2 aliphatic rings. The fourth-order valence-electron chi connectivity index (χ4n) is 6.39. The van der Waals surface area contributed by atoms with Crippen LogP contribution in [0.2, 0.25) is 0 Å². The van der Waals surface area contributed by atoms with Gasteiger partial charge in [0, 0.05) is 22.3 Å². The second-order valence-corrected chi connectivity index (χ2v) is 10.1. The lowest BCUT2D eigenvalue weighted by molar-refractivity contribution is 0.400. The van der Waals surface area contributed by atoms with Gasteiger partial charge in [0.25, 0.3) is 0 Å². The van der Waals surface area contributed by atoms with E-state index in [1.807, 2.05) is 12.1 Å². The molecular formula is C37H24O2. The number of ether oxygens (including phenoxy) is 2. The highest BCUT2D eigenvalue weighted by atomic mass is 16.5. The molecule has 0 amide bonds. The van der Waals surface area contributed by atoms with Gasteiger partial charge in [-0.3, -0.25) is 0 Å². The molecule has 0 saturated carbocycles. The summed E-state index contributed by atoms with van der Waals surface area (Å²) in [6.07, 6.45) is 0. The third-order valence-corrected chi connectivity index (χ3v) is 8.00. The predicted molar refractivity (Wildman–Crippen MR) is 156 cm³/mol. The lowest BCUT2D eigenvalue weighted by atomic mass is 9.60. The Bertz CT molecular complexity index is 1810. The Balaban J connectivity index is 1.56. The fourth-order valence-corrected chi connectivity index (χ4v) is 6.39. The number of hydrogen-bond donors (Lipinski definition) is 0. The molecule has 0 saturated heterocycles. The molecule has 2 aliphatic heterocycles. The zero-order valence-corrected chi connectivity index (χ0v) is 21.2. The van der Waals surface area contributed by atoms with Crippen molar-refractivity contribution < 1.29 is 9.47 Å². The molecule has 1 spiro atoms. The molecule has 2 nitrogen and oxygen atoms in total. The molecule has 0 atom stereocenters. The Kier molecular flexibility index (Phi) is 4.77. The summed E-state index contributed by atoms with van der Waals surface area (Å²) in [6.45, 7) is 0. The van der Waals surface area contributed by atoms with Gasteiger partial charge in [0.1, 0.15) is 23.0 Å².